The van der Waals surface area contributed by atoms with Crippen molar-refractivity contribution < 1.29 is 24.0 Å². The molecule has 0 saturated carbocycles. The van der Waals surface area contributed by atoms with Crippen molar-refractivity contribution in [3.05, 3.63) is 63.3 Å². The lowest BCUT2D eigenvalue weighted by molar-refractivity contribution is -0.384. The minimum Gasteiger partial charge on any atom is -0.378 e. The van der Waals surface area contributed by atoms with E-state index in [1.54, 1.807) is 46.0 Å². The number of nitro groups is 1. The third-order valence-electron chi connectivity index (χ3n) is 4.93. The van der Waals surface area contributed by atoms with Gasteiger partial charge in [0.25, 0.3) is 16.8 Å². The summed E-state index contributed by atoms with van der Waals surface area (Å²) in [6, 6.07) is 9.51. The topological polar surface area (TPSA) is 115 Å². The standard InChI is InChI=1S/C20H18N4O6S/c25-18(21-8-10-30-11-9-21)13-23-19(26)17(31-20(23)27)12-16-2-1-7-22(16)14-3-5-15(6-4-14)24(28)29/h1-7,12H,8-11,13H2/b17-12-. The molecule has 2 aromatic rings. The van der Waals surface area contributed by atoms with Crippen LogP contribution in [-0.2, 0) is 14.3 Å². The normalized spacial score (nSPS) is 18.1. The van der Waals surface area contributed by atoms with Gasteiger partial charge in [-0.3, -0.25) is 29.4 Å². The predicted molar refractivity (Wildman–Crippen MR) is 112 cm³/mol. The first-order valence-electron chi connectivity index (χ1n) is 9.47. The third-order valence-corrected chi connectivity index (χ3v) is 5.84. The third kappa shape index (κ3) is 4.37. The minimum absolute atomic E-state index is 0.0245. The second kappa shape index (κ2) is 8.74. The number of carbonyl (C=O) groups excluding carboxylic acids is 3. The van der Waals surface area contributed by atoms with Crippen molar-refractivity contribution in [3.63, 3.8) is 0 Å². The molecule has 0 aliphatic carbocycles. The molecule has 0 radical (unpaired) electrons. The van der Waals surface area contributed by atoms with Crippen LogP contribution in [0, 0.1) is 10.1 Å². The number of carbonyl (C=O) groups is 3. The molecule has 4 rings (SSSR count). The van der Waals surface area contributed by atoms with Crippen molar-refractivity contribution in [2.24, 2.45) is 0 Å². The van der Waals surface area contributed by atoms with Crippen molar-refractivity contribution in [2.75, 3.05) is 32.8 Å². The summed E-state index contributed by atoms with van der Waals surface area (Å²) in [4.78, 5) is 50.7. The van der Waals surface area contributed by atoms with Crippen molar-refractivity contribution in [1.29, 1.82) is 0 Å². The van der Waals surface area contributed by atoms with Crippen LogP contribution in [0.2, 0.25) is 0 Å². The summed E-state index contributed by atoms with van der Waals surface area (Å²) in [5.41, 5.74) is 1.27. The Morgan fingerprint density at radius 3 is 2.55 bits per heavy atom. The number of nitrogens with zero attached hydrogens (tertiary/aromatic N) is 4. The molecule has 3 heterocycles. The number of rotatable bonds is 5. The van der Waals surface area contributed by atoms with Crippen LogP contribution in [0.25, 0.3) is 11.8 Å². The highest BCUT2D eigenvalue weighted by atomic mass is 32.2. The summed E-state index contributed by atoms with van der Waals surface area (Å²) in [6.45, 7) is 1.45. The van der Waals surface area contributed by atoms with Crippen LogP contribution < -0.4 is 0 Å². The van der Waals surface area contributed by atoms with Crippen LogP contribution in [0.5, 0.6) is 0 Å². The van der Waals surface area contributed by atoms with E-state index in [2.05, 4.69) is 0 Å². The lowest BCUT2D eigenvalue weighted by Gasteiger charge is -2.28. The Morgan fingerprint density at radius 2 is 1.87 bits per heavy atom. The van der Waals surface area contributed by atoms with Gasteiger partial charge in [-0.25, -0.2) is 0 Å². The number of hydrogen-bond donors (Lipinski definition) is 0. The number of ether oxygens (including phenoxy) is 1. The van der Waals surface area contributed by atoms with Crippen molar-refractivity contribution >= 4 is 40.6 Å². The fraction of sp³-hybridized carbons (Fsp3) is 0.250. The Kier molecular flexibility index (Phi) is 5.87. The number of hydrogen-bond acceptors (Lipinski definition) is 7. The summed E-state index contributed by atoms with van der Waals surface area (Å²) in [5.74, 6) is -0.811. The molecule has 0 atom stereocenters. The van der Waals surface area contributed by atoms with Gasteiger partial charge in [0.05, 0.1) is 23.0 Å². The van der Waals surface area contributed by atoms with Gasteiger partial charge in [0.15, 0.2) is 0 Å². The lowest BCUT2D eigenvalue weighted by atomic mass is 10.2. The van der Waals surface area contributed by atoms with Crippen LogP contribution in [0.1, 0.15) is 5.69 Å². The van der Waals surface area contributed by atoms with Gasteiger partial charge in [0, 0.05) is 42.8 Å². The van der Waals surface area contributed by atoms with Crippen LogP contribution in [-0.4, -0.2) is 69.2 Å². The molecule has 3 amide bonds. The van der Waals surface area contributed by atoms with Gasteiger partial charge in [0.1, 0.15) is 6.54 Å². The molecule has 2 aliphatic heterocycles. The highest BCUT2D eigenvalue weighted by Gasteiger charge is 2.37. The van der Waals surface area contributed by atoms with Gasteiger partial charge in [-0.05, 0) is 42.1 Å². The maximum absolute atomic E-state index is 12.8. The zero-order valence-corrected chi connectivity index (χ0v) is 17.1. The maximum atomic E-state index is 12.8. The number of benzene rings is 1. The number of non-ortho nitro benzene ring substituents is 1. The molecule has 2 fully saturated rings. The number of amides is 3. The smallest absolute Gasteiger partial charge is 0.294 e. The van der Waals surface area contributed by atoms with Crippen LogP contribution in [0.15, 0.2) is 47.5 Å². The van der Waals surface area contributed by atoms with Crippen LogP contribution in [0.4, 0.5) is 10.5 Å². The molecule has 0 spiro atoms. The minimum atomic E-state index is -0.520. The first-order chi connectivity index (χ1) is 14.9. The van der Waals surface area contributed by atoms with E-state index >= 15 is 0 Å². The molecule has 160 valence electrons. The summed E-state index contributed by atoms with van der Waals surface area (Å²) in [7, 11) is 0. The Morgan fingerprint density at radius 1 is 1.16 bits per heavy atom. The van der Waals surface area contributed by atoms with E-state index in [9.17, 15) is 24.5 Å². The quantitative estimate of drug-likeness (QED) is 0.396. The average Bonchev–Trinajstić information content (AvgIpc) is 3.34. The zero-order valence-electron chi connectivity index (χ0n) is 16.3. The Balaban J connectivity index is 1.52. The molecule has 0 unspecified atom stereocenters. The predicted octanol–water partition coefficient (Wildman–Crippen LogP) is 2.28. The Labute approximate surface area is 181 Å². The van der Waals surface area contributed by atoms with E-state index < -0.39 is 16.1 Å². The van der Waals surface area contributed by atoms with Crippen molar-refractivity contribution in [2.45, 2.75) is 0 Å². The summed E-state index contributed by atoms with van der Waals surface area (Å²) >= 11 is 0.779. The van der Waals surface area contributed by atoms with E-state index in [1.807, 2.05) is 0 Å². The monoisotopic (exact) mass is 442 g/mol. The molecule has 0 N–H and O–H groups in total. The second-order valence-corrected chi connectivity index (χ2v) is 7.83. The molecule has 0 bridgehead atoms. The van der Waals surface area contributed by atoms with E-state index in [4.69, 9.17) is 4.74 Å². The van der Waals surface area contributed by atoms with Gasteiger partial charge in [-0.15, -0.1) is 0 Å². The van der Waals surface area contributed by atoms with E-state index in [0.29, 0.717) is 37.7 Å². The van der Waals surface area contributed by atoms with Crippen LogP contribution in [0.3, 0.4) is 0 Å². The molecule has 2 aliphatic rings. The fourth-order valence-corrected chi connectivity index (χ4v) is 4.12. The number of morpholine rings is 1. The number of thioether (sulfide) groups is 1. The number of aromatic nitrogens is 1. The highest BCUT2D eigenvalue weighted by molar-refractivity contribution is 8.18. The molecular formula is C20H18N4O6S. The molecule has 1 aromatic heterocycles. The molecule has 1 aromatic carbocycles. The molecule has 11 heteroatoms. The van der Waals surface area contributed by atoms with E-state index in [0.717, 1.165) is 16.7 Å². The van der Waals surface area contributed by atoms with Gasteiger partial charge in [-0.1, -0.05) is 0 Å². The summed E-state index contributed by atoms with van der Waals surface area (Å²) in [5, 5.41) is 10.4. The fourth-order valence-electron chi connectivity index (χ4n) is 3.30. The Hall–Kier alpha value is -3.44. The summed E-state index contributed by atoms with van der Waals surface area (Å²) in [6.07, 6.45) is 3.32. The van der Waals surface area contributed by atoms with Crippen molar-refractivity contribution in [1.82, 2.24) is 14.4 Å². The lowest BCUT2D eigenvalue weighted by Crippen LogP contribution is -2.46. The van der Waals surface area contributed by atoms with Gasteiger partial charge in [-0.2, -0.15) is 0 Å². The highest BCUT2D eigenvalue weighted by Crippen LogP contribution is 2.32. The second-order valence-electron chi connectivity index (χ2n) is 6.84. The average molecular weight is 442 g/mol. The first-order valence-corrected chi connectivity index (χ1v) is 10.3. The molecular weight excluding hydrogens is 424 g/mol. The first kappa shape index (κ1) is 20.8. The van der Waals surface area contributed by atoms with E-state index in [1.165, 1.54) is 12.1 Å². The molecule has 2 saturated heterocycles. The van der Waals surface area contributed by atoms with Gasteiger partial charge >= 0.3 is 0 Å². The largest absolute Gasteiger partial charge is 0.378 e. The van der Waals surface area contributed by atoms with E-state index in [-0.39, 0.29) is 23.0 Å². The summed E-state index contributed by atoms with van der Waals surface area (Å²) < 4.78 is 6.96. The van der Waals surface area contributed by atoms with Crippen LogP contribution >= 0.6 is 11.8 Å². The molecule has 31 heavy (non-hydrogen) atoms. The van der Waals surface area contributed by atoms with Gasteiger partial charge < -0.3 is 14.2 Å². The number of nitro benzene ring substituents is 1. The number of imide groups is 1. The maximum Gasteiger partial charge on any atom is 0.294 e. The SMILES string of the molecule is O=C(CN1C(=O)S/C(=C\c2cccn2-c2ccc([N+](=O)[O-])cc2)C1=O)N1CCOCC1. The van der Waals surface area contributed by atoms with Crippen molar-refractivity contribution in [3.8, 4) is 5.69 Å². The Bertz CT molecular complexity index is 1070. The molecule has 10 nitrogen and oxygen atoms in total. The zero-order chi connectivity index (χ0) is 22.0. The van der Waals surface area contributed by atoms with Gasteiger partial charge in [0.2, 0.25) is 5.91 Å².